The summed E-state index contributed by atoms with van der Waals surface area (Å²) in [5.74, 6) is -2.63. The standard InChI is InChI=1S/C25H24Cl2N2O4/c1-14-7-12-18-20(13-14)25(33)29(23(18)31)28(24(32)19-5-3-4-6-21(19)27)15(2)22(30)16-8-10-17(26)11-9-16/h3-6,8-11,14-15,18,20H,7,12-13H2,1-2H3/t14-,15+,18+,20+/m1/s1. The monoisotopic (exact) mass is 486 g/mol. The summed E-state index contributed by atoms with van der Waals surface area (Å²) < 4.78 is 0. The molecule has 2 fully saturated rings. The number of benzene rings is 2. The van der Waals surface area contributed by atoms with E-state index in [0.717, 1.165) is 16.4 Å². The number of fused-ring (bicyclic) bond motifs is 1. The highest BCUT2D eigenvalue weighted by molar-refractivity contribution is 6.34. The minimum atomic E-state index is -1.12. The van der Waals surface area contributed by atoms with Gasteiger partial charge in [0.2, 0.25) is 0 Å². The van der Waals surface area contributed by atoms with E-state index in [4.69, 9.17) is 23.2 Å². The molecule has 8 heteroatoms. The summed E-state index contributed by atoms with van der Waals surface area (Å²) in [6.07, 6.45) is 2.01. The molecule has 1 saturated carbocycles. The fraction of sp³-hybridized carbons (Fsp3) is 0.360. The van der Waals surface area contributed by atoms with Gasteiger partial charge in [0.05, 0.1) is 22.4 Å². The first-order valence-electron chi connectivity index (χ1n) is 11.0. The van der Waals surface area contributed by atoms with E-state index in [1.165, 1.54) is 13.0 Å². The van der Waals surface area contributed by atoms with Crippen LogP contribution in [-0.4, -0.2) is 39.6 Å². The Labute approximate surface area is 202 Å². The topological polar surface area (TPSA) is 74.8 Å². The number of carbonyl (C=O) groups is 4. The van der Waals surface area contributed by atoms with Crippen LogP contribution in [0.1, 0.15) is 53.8 Å². The second-order valence-electron chi connectivity index (χ2n) is 8.80. The van der Waals surface area contributed by atoms with Crippen molar-refractivity contribution in [3.8, 4) is 0 Å². The molecule has 0 unspecified atom stereocenters. The second-order valence-corrected chi connectivity index (χ2v) is 9.64. The zero-order valence-corrected chi connectivity index (χ0v) is 19.8. The third kappa shape index (κ3) is 4.30. The highest BCUT2D eigenvalue weighted by atomic mass is 35.5. The fourth-order valence-electron chi connectivity index (χ4n) is 4.75. The van der Waals surface area contributed by atoms with Crippen LogP contribution in [0.25, 0.3) is 0 Å². The zero-order valence-electron chi connectivity index (χ0n) is 18.3. The molecule has 0 radical (unpaired) electrons. The lowest BCUT2D eigenvalue weighted by Gasteiger charge is -2.35. The molecule has 0 N–H and O–H groups in total. The summed E-state index contributed by atoms with van der Waals surface area (Å²) in [6.45, 7) is 3.56. The van der Waals surface area contributed by atoms with Crippen molar-refractivity contribution in [2.75, 3.05) is 0 Å². The molecule has 0 aromatic heterocycles. The van der Waals surface area contributed by atoms with Gasteiger partial charge < -0.3 is 0 Å². The highest BCUT2D eigenvalue weighted by Crippen LogP contribution is 2.42. The van der Waals surface area contributed by atoms with Crippen LogP contribution in [0, 0.1) is 17.8 Å². The first-order chi connectivity index (χ1) is 15.7. The molecular weight excluding hydrogens is 463 g/mol. The van der Waals surface area contributed by atoms with Gasteiger partial charge >= 0.3 is 0 Å². The number of halogens is 2. The lowest BCUT2D eigenvalue weighted by Crippen LogP contribution is -2.56. The minimum Gasteiger partial charge on any atom is -0.292 e. The molecule has 4 atom stereocenters. The number of nitrogens with zero attached hydrogens (tertiary/aromatic N) is 2. The van der Waals surface area contributed by atoms with Crippen molar-refractivity contribution in [3.05, 3.63) is 69.7 Å². The Kier molecular flexibility index (Phi) is 6.59. The maximum Gasteiger partial charge on any atom is 0.275 e. The van der Waals surface area contributed by atoms with E-state index >= 15 is 0 Å². The van der Waals surface area contributed by atoms with Crippen molar-refractivity contribution in [3.63, 3.8) is 0 Å². The molecule has 0 bridgehead atoms. The van der Waals surface area contributed by atoms with Gasteiger partial charge in [-0.25, -0.2) is 5.01 Å². The summed E-state index contributed by atoms with van der Waals surface area (Å²) in [5, 5.41) is 2.53. The molecule has 6 nitrogen and oxygen atoms in total. The number of ketones is 1. The first-order valence-corrected chi connectivity index (χ1v) is 11.7. The van der Waals surface area contributed by atoms with E-state index in [2.05, 4.69) is 6.92 Å². The Balaban J connectivity index is 1.76. The van der Waals surface area contributed by atoms with Gasteiger partial charge in [0.15, 0.2) is 5.78 Å². The van der Waals surface area contributed by atoms with Crippen LogP contribution < -0.4 is 0 Å². The third-order valence-electron chi connectivity index (χ3n) is 6.57. The second kappa shape index (κ2) is 9.27. The van der Waals surface area contributed by atoms with Crippen LogP contribution in [-0.2, 0) is 9.59 Å². The predicted molar refractivity (Wildman–Crippen MR) is 125 cm³/mol. The summed E-state index contributed by atoms with van der Waals surface area (Å²) in [5.41, 5.74) is 0.424. The van der Waals surface area contributed by atoms with E-state index in [0.29, 0.717) is 29.3 Å². The summed E-state index contributed by atoms with van der Waals surface area (Å²) in [7, 11) is 0. The van der Waals surface area contributed by atoms with Gasteiger partial charge in [0, 0.05) is 10.6 Å². The van der Waals surface area contributed by atoms with Gasteiger partial charge in [-0.05, 0) is 68.5 Å². The third-order valence-corrected chi connectivity index (χ3v) is 7.15. The normalized spacial score (nSPS) is 23.3. The largest absolute Gasteiger partial charge is 0.292 e. The molecule has 1 heterocycles. The van der Waals surface area contributed by atoms with Crippen LogP contribution in [0.3, 0.4) is 0 Å². The molecule has 4 rings (SSSR count). The van der Waals surface area contributed by atoms with Gasteiger partial charge in [0.1, 0.15) is 6.04 Å². The van der Waals surface area contributed by atoms with E-state index in [-0.39, 0.29) is 10.6 Å². The molecule has 1 aliphatic carbocycles. The molecule has 3 amide bonds. The average molecular weight is 487 g/mol. The lowest BCUT2D eigenvalue weighted by molar-refractivity contribution is -0.156. The SMILES string of the molecule is C[C@@H]1CC[C@@H]2C(=O)N(N(C(=O)c3ccccc3Cl)[C@@H](C)C(=O)c3ccc(Cl)cc3)C(=O)[C@H]2C1. The average Bonchev–Trinajstić information content (AvgIpc) is 3.04. The number of hydrogen-bond donors (Lipinski definition) is 0. The molecular formula is C25H24Cl2N2O4. The molecule has 1 saturated heterocycles. The van der Waals surface area contributed by atoms with E-state index in [1.54, 1.807) is 42.5 Å². The smallest absolute Gasteiger partial charge is 0.275 e. The molecule has 2 aliphatic rings. The van der Waals surface area contributed by atoms with Gasteiger partial charge in [-0.15, -0.1) is 0 Å². The molecule has 0 spiro atoms. The number of amides is 3. The Morgan fingerprint density at radius 2 is 1.61 bits per heavy atom. The molecule has 2 aromatic carbocycles. The molecule has 2 aromatic rings. The van der Waals surface area contributed by atoms with Gasteiger partial charge in [0.25, 0.3) is 17.7 Å². The van der Waals surface area contributed by atoms with Crippen molar-refractivity contribution in [1.29, 1.82) is 0 Å². The summed E-state index contributed by atoms with van der Waals surface area (Å²) in [6, 6.07) is 11.5. The minimum absolute atomic E-state index is 0.110. The maximum absolute atomic E-state index is 13.7. The molecule has 33 heavy (non-hydrogen) atoms. The van der Waals surface area contributed by atoms with Crippen molar-refractivity contribution >= 4 is 46.7 Å². The highest BCUT2D eigenvalue weighted by Gasteiger charge is 2.54. The Morgan fingerprint density at radius 3 is 2.27 bits per heavy atom. The number of hydrogen-bond acceptors (Lipinski definition) is 4. The van der Waals surface area contributed by atoms with Gasteiger partial charge in [-0.3, -0.25) is 19.2 Å². The summed E-state index contributed by atoms with van der Waals surface area (Å²) >= 11 is 12.2. The number of hydrazine groups is 1. The van der Waals surface area contributed by atoms with Crippen LogP contribution in [0.2, 0.25) is 10.0 Å². The van der Waals surface area contributed by atoms with Gasteiger partial charge in [-0.2, -0.15) is 5.01 Å². The van der Waals surface area contributed by atoms with Crippen LogP contribution in [0.5, 0.6) is 0 Å². The van der Waals surface area contributed by atoms with Crippen molar-refractivity contribution < 1.29 is 19.2 Å². The predicted octanol–water partition coefficient (Wildman–Crippen LogP) is 5.04. The van der Waals surface area contributed by atoms with E-state index < -0.39 is 41.4 Å². The number of imide groups is 1. The van der Waals surface area contributed by atoms with Crippen LogP contribution in [0.15, 0.2) is 48.5 Å². The van der Waals surface area contributed by atoms with Crippen molar-refractivity contribution in [2.45, 2.75) is 39.2 Å². The molecule has 1 aliphatic heterocycles. The van der Waals surface area contributed by atoms with Crippen molar-refractivity contribution in [1.82, 2.24) is 10.0 Å². The van der Waals surface area contributed by atoms with Crippen molar-refractivity contribution in [2.24, 2.45) is 17.8 Å². The maximum atomic E-state index is 13.7. The Morgan fingerprint density at radius 1 is 0.970 bits per heavy atom. The lowest BCUT2D eigenvalue weighted by atomic mass is 9.76. The quantitative estimate of drug-likeness (QED) is 0.438. The van der Waals surface area contributed by atoms with Crippen LogP contribution in [0.4, 0.5) is 0 Å². The number of Topliss-reactive ketones (excluding diaryl/α,β-unsaturated/α-hetero) is 1. The van der Waals surface area contributed by atoms with Crippen LogP contribution >= 0.6 is 23.2 Å². The fourth-order valence-corrected chi connectivity index (χ4v) is 5.09. The zero-order chi connectivity index (χ0) is 23.9. The van der Waals surface area contributed by atoms with Gasteiger partial charge in [-0.1, -0.05) is 42.3 Å². The van der Waals surface area contributed by atoms with E-state index in [9.17, 15) is 19.2 Å². The Bertz CT molecular complexity index is 1120. The number of carbonyl (C=O) groups excluding carboxylic acids is 4. The Hall–Kier alpha value is -2.70. The molecule has 172 valence electrons. The number of rotatable bonds is 5. The van der Waals surface area contributed by atoms with E-state index in [1.807, 2.05) is 0 Å². The summed E-state index contributed by atoms with van der Waals surface area (Å²) in [4.78, 5) is 53.8. The first kappa shape index (κ1) is 23.5.